The lowest BCUT2D eigenvalue weighted by Crippen LogP contribution is -2.57. The van der Waals surface area contributed by atoms with Gasteiger partial charge < -0.3 is 114 Å². The van der Waals surface area contributed by atoms with Crippen LogP contribution in [0.1, 0.15) is 169 Å². The van der Waals surface area contributed by atoms with Gasteiger partial charge in [-0.1, -0.05) is 43.3 Å². The fraction of sp³-hybridized carbons (Fsp3) is 0.571. The SMILES string of the molecule is CCNC(=O)c1nnc(-c2cc(C(C)C)c(O)cc2O)n1-c1ccc(CNCCNC(=O)CCNC(=O)[C@@H](CCC(=O)O)NC(=O)[C@@H](CCC(=O)O)NC(=O)[C@@H](CCC(=O)O)NC(=O)COCCOCCNC(=O)CCCCn2cc(CN(CCCNC(=O)CC[C@H](C(=O)O)N3CCN(CC(=O)O)CCN(CC(=O)O)CCN(CC(=O)O)CC3)C(=O)CCCNC(=O)CCCc3ccc(I)cc3)nn2)cc1. The quantitative estimate of drug-likeness (QED) is 0.0175. The van der Waals surface area contributed by atoms with E-state index in [4.69, 9.17) is 9.47 Å². The maximum absolute atomic E-state index is 13.9. The van der Waals surface area contributed by atoms with E-state index in [0.717, 1.165) is 21.1 Å². The highest BCUT2D eigenvalue weighted by Gasteiger charge is 2.34. The minimum absolute atomic E-state index is 0.0235. The number of carbonyl (C=O) groups is 17. The van der Waals surface area contributed by atoms with Crippen LogP contribution in [0, 0.1) is 3.57 Å². The molecule has 3 heterocycles. The zero-order chi connectivity index (χ0) is 103. The highest BCUT2D eigenvalue weighted by atomic mass is 127. The van der Waals surface area contributed by atoms with E-state index in [9.17, 15) is 127 Å². The lowest BCUT2D eigenvalue weighted by molar-refractivity contribution is -0.145. The Morgan fingerprint density at radius 2 is 1.01 bits per heavy atom. The summed E-state index contributed by atoms with van der Waals surface area (Å²) < 4.78 is 15.1. The average Bonchev–Trinajstić information content (AvgIpc) is 1.67. The number of unbranched alkanes of at least 4 members (excludes halogenated alkanes) is 1. The molecule has 0 saturated carbocycles. The smallest absolute Gasteiger partial charge is 0.320 e. The predicted molar refractivity (Wildman–Crippen MR) is 511 cm³/mol. The van der Waals surface area contributed by atoms with Crippen molar-refractivity contribution < 1.29 is 137 Å². The van der Waals surface area contributed by atoms with Crippen LogP contribution in [-0.4, -0.2) is 376 Å². The minimum Gasteiger partial charge on any atom is -0.508 e. The Bertz CT molecular complexity index is 4920. The third-order valence-electron chi connectivity index (χ3n) is 22.3. The van der Waals surface area contributed by atoms with Crippen LogP contribution >= 0.6 is 22.6 Å². The number of carboxylic acids is 7. The number of hydrogen-bond donors (Lipinski definition) is 19. The van der Waals surface area contributed by atoms with Crippen LogP contribution in [0.4, 0.5) is 0 Å². The molecule has 1 aliphatic heterocycles. The number of aryl methyl sites for hydroxylation is 2. The largest absolute Gasteiger partial charge is 0.508 e. The summed E-state index contributed by atoms with van der Waals surface area (Å²) in [7, 11) is 0. The molecule has 1 saturated heterocycles. The van der Waals surface area contributed by atoms with Crippen LogP contribution in [0.2, 0.25) is 0 Å². The normalized spacial score (nSPS) is 13.7. The fourth-order valence-corrected chi connectivity index (χ4v) is 15.2. The number of nitrogens with zero attached hydrogens (tertiary/aromatic N) is 11. The summed E-state index contributed by atoms with van der Waals surface area (Å²) in [6.07, 6.45) is 0.635. The second-order valence-electron chi connectivity index (χ2n) is 33.7. The second kappa shape index (κ2) is 63.6. The molecule has 1 fully saturated rings. The second-order valence-corrected chi connectivity index (χ2v) is 35.0. The number of rotatable bonds is 66. The number of hydrogen-bond acceptors (Lipinski definition) is 30. The Balaban J connectivity index is 0.908. The van der Waals surface area contributed by atoms with Gasteiger partial charge in [0.15, 0.2) is 5.82 Å². The molecular weight excluding hydrogens is 1960 g/mol. The number of carboxylic acid groups (broad SMARTS) is 7. The molecule has 10 amide bonds. The Morgan fingerprint density at radius 1 is 0.475 bits per heavy atom. The molecule has 776 valence electrons. The van der Waals surface area contributed by atoms with Crippen LogP contribution in [0.3, 0.4) is 0 Å². The summed E-state index contributed by atoms with van der Waals surface area (Å²) in [4.78, 5) is 224. The molecule has 2 aromatic heterocycles. The van der Waals surface area contributed by atoms with Gasteiger partial charge in [0.05, 0.1) is 57.8 Å². The number of aromatic nitrogens is 6. The Labute approximate surface area is 827 Å². The van der Waals surface area contributed by atoms with Gasteiger partial charge in [-0.15, -0.1) is 15.3 Å². The number of aliphatic carboxylic acids is 7. The van der Waals surface area contributed by atoms with E-state index in [2.05, 4.69) is 96.3 Å². The highest BCUT2D eigenvalue weighted by Crippen LogP contribution is 2.38. The number of phenolic OH excluding ortho intramolecular Hbond substituents is 2. The van der Waals surface area contributed by atoms with Crippen LogP contribution in [0.5, 0.6) is 11.5 Å². The molecule has 0 unspecified atom stereocenters. The first-order chi connectivity index (χ1) is 67.3. The molecule has 0 radical (unpaired) electrons. The first-order valence-corrected chi connectivity index (χ1v) is 47.8. The van der Waals surface area contributed by atoms with E-state index >= 15 is 0 Å². The van der Waals surface area contributed by atoms with Gasteiger partial charge in [-0.2, -0.15) is 0 Å². The van der Waals surface area contributed by atoms with E-state index < -0.39 is 166 Å². The van der Waals surface area contributed by atoms with Crippen molar-refractivity contribution in [2.45, 2.75) is 186 Å². The average molecular weight is 2100 g/mol. The summed E-state index contributed by atoms with van der Waals surface area (Å²) in [5.74, 6) is -15.6. The fourth-order valence-electron chi connectivity index (χ4n) is 14.9. The summed E-state index contributed by atoms with van der Waals surface area (Å²) >= 11 is 2.22. The van der Waals surface area contributed by atoms with Gasteiger partial charge in [-0.3, -0.25) is 110 Å². The summed E-state index contributed by atoms with van der Waals surface area (Å²) in [6, 6.07) is 11.6. The van der Waals surface area contributed by atoms with Crippen molar-refractivity contribution in [1.29, 1.82) is 0 Å². The maximum atomic E-state index is 13.9. The number of nitrogens with one attached hydrogen (secondary N) is 10. The van der Waals surface area contributed by atoms with E-state index in [0.29, 0.717) is 68.7 Å². The van der Waals surface area contributed by atoms with Gasteiger partial charge in [-0.05, 0) is 147 Å². The van der Waals surface area contributed by atoms with Gasteiger partial charge in [0, 0.05) is 184 Å². The van der Waals surface area contributed by atoms with Crippen molar-refractivity contribution in [3.8, 4) is 28.6 Å². The van der Waals surface area contributed by atoms with E-state index in [1.54, 1.807) is 72.6 Å². The van der Waals surface area contributed by atoms with Crippen molar-refractivity contribution in [2.75, 3.05) is 151 Å². The first-order valence-electron chi connectivity index (χ1n) is 46.7. The number of phenols is 2. The van der Waals surface area contributed by atoms with Crippen molar-refractivity contribution in [3.05, 3.63) is 98.6 Å². The topological polar surface area (TPSA) is 689 Å². The molecule has 50 heteroatoms. The third kappa shape index (κ3) is 45.9. The molecule has 0 bridgehead atoms. The molecule has 6 rings (SSSR count). The number of amides is 10. The maximum Gasteiger partial charge on any atom is 0.320 e. The monoisotopic (exact) mass is 2090 g/mol. The van der Waals surface area contributed by atoms with Gasteiger partial charge in [0.2, 0.25) is 59.0 Å². The van der Waals surface area contributed by atoms with E-state index in [1.807, 2.05) is 38.1 Å². The predicted octanol–water partition coefficient (Wildman–Crippen LogP) is -0.341. The number of benzene rings is 3. The van der Waals surface area contributed by atoms with Crippen LogP contribution in [0.25, 0.3) is 17.1 Å². The zero-order valence-corrected chi connectivity index (χ0v) is 81.6. The molecular formula is C91H132IN21O28. The molecule has 4 atom stereocenters. The number of halogens is 1. The Morgan fingerprint density at radius 3 is 1.58 bits per heavy atom. The first kappa shape index (κ1) is 117. The molecule has 141 heavy (non-hydrogen) atoms. The molecule has 5 aromatic rings. The summed E-state index contributed by atoms with van der Waals surface area (Å²) in [6.45, 7) is 5.78. The summed E-state index contributed by atoms with van der Waals surface area (Å²) in [5.41, 5.74) is 3.61. The van der Waals surface area contributed by atoms with Gasteiger partial charge in [0.1, 0.15) is 48.0 Å². The van der Waals surface area contributed by atoms with Crippen LogP contribution in [-0.2, 0) is 112 Å². The van der Waals surface area contributed by atoms with Crippen molar-refractivity contribution in [1.82, 2.24) is 107 Å². The van der Waals surface area contributed by atoms with Crippen molar-refractivity contribution in [3.63, 3.8) is 0 Å². The van der Waals surface area contributed by atoms with Gasteiger partial charge in [0.25, 0.3) is 5.91 Å². The molecule has 0 spiro atoms. The lowest BCUT2D eigenvalue weighted by atomic mass is 9.98. The van der Waals surface area contributed by atoms with Crippen molar-refractivity contribution >= 4 is 123 Å². The Hall–Kier alpha value is -13.0. The van der Waals surface area contributed by atoms with Crippen molar-refractivity contribution in [2.24, 2.45) is 0 Å². The Kier molecular flexibility index (Phi) is 52.7. The van der Waals surface area contributed by atoms with Gasteiger partial charge in [-0.25, -0.2) is 0 Å². The third-order valence-corrected chi connectivity index (χ3v) is 23.0. The van der Waals surface area contributed by atoms with E-state index in [-0.39, 0.29) is 222 Å². The molecule has 19 N–H and O–H groups in total. The number of carbonyl (C=O) groups excluding carboxylic acids is 10. The standard InChI is InChI=1S/C91H132IN21O28/c1-4-94-90(137)86-105-104-85(66-50-65(59(2)3)71(114)51-72(66)115)113(86)64-20-16-61(17-21-64)52-93-34-35-97-76(119)30-33-99-87(134)67(22-27-79(122)123)101-89(136)69(24-29-81(126)127)102-88(135)68(23-28-80(124)125)100-77(120)58-141-49-48-140-47-36-98-73(116)11-5-6-38-112-54-63(103-106-112)53-111(78(121)13-8-31-95-74(117)12-7-10-60-14-18-62(92)19-15-60)37-9-32-96-75(118)26-25-70(91(138)139)110-45-43-108(56-83(130)131)41-39-107(55-82(128)129)40-42-109(44-46-110)57-84(132)133/h14-21,50-51,54,59,67-70,93,114-115H,4-13,22-49,52-53,55-58H2,1-3H3,(H,94,137)(H,95,117)(H,96,118)(H,97,119)(H,98,116)(H,99,134)(H,100,120)(H,101,136)(H,102,135)(H,122,123)(H,124,125)(H,126,127)(H,128,129)(H,130,131)(H,132,133)(H,138,139)/t67-,68-,69-,70-/m1/s1. The van der Waals surface area contributed by atoms with Crippen LogP contribution in [0.15, 0.2) is 66.9 Å². The minimum atomic E-state index is -1.74. The van der Waals surface area contributed by atoms with Crippen LogP contribution < -0.4 is 53.2 Å². The molecule has 3 aromatic carbocycles. The highest BCUT2D eigenvalue weighted by molar-refractivity contribution is 14.1. The van der Waals surface area contributed by atoms with E-state index in [1.165, 1.54) is 10.6 Å². The number of aromatic hydroxyl groups is 2. The summed E-state index contributed by atoms with van der Waals surface area (Å²) in [5, 5.41) is 133. The molecule has 0 aliphatic carbocycles. The number of ether oxygens (including phenoxy) is 2. The molecule has 1 aliphatic rings. The lowest BCUT2D eigenvalue weighted by Gasteiger charge is -2.35. The zero-order valence-electron chi connectivity index (χ0n) is 79.4. The molecule has 49 nitrogen and oxygen atoms in total. The van der Waals surface area contributed by atoms with Gasteiger partial charge >= 0.3 is 41.8 Å².